The van der Waals surface area contributed by atoms with E-state index in [1.54, 1.807) is 6.92 Å². The third kappa shape index (κ3) is 4.89. The van der Waals surface area contributed by atoms with Crippen molar-refractivity contribution < 1.29 is 23.8 Å². The van der Waals surface area contributed by atoms with Gasteiger partial charge in [-0.2, -0.15) is 0 Å². The molecule has 0 aliphatic carbocycles. The lowest BCUT2D eigenvalue weighted by molar-refractivity contribution is -0.143. The maximum atomic E-state index is 13.7. The summed E-state index contributed by atoms with van der Waals surface area (Å²) in [5, 5.41) is 8.62. The van der Waals surface area contributed by atoms with E-state index < -0.39 is 17.7 Å². The Hall–Kier alpha value is -2.39. The maximum absolute atomic E-state index is 13.7. The molecule has 6 heteroatoms. The standard InChI is InChI=1S/C15H16FNO4/c1-3-21-14(19)10-17(2)15(20)12-9-11(5-4-8-18)6-7-13(12)16/h6-7,9,18H,3,8,10H2,1-2H3. The molecule has 1 aromatic rings. The largest absolute Gasteiger partial charge is 0.465 e. The molecule has 0 fully saturated rings. The molecule has 112 valence electrons. The molecular weight excluding hydrogens is 277 g/mol. The van der Waals surface area contributed by atoms with Gasteiger partial charge in [0.25, 0.3) is 5.91 Å². The third-order valence-electron chi connectivity index (χ3n) is 2.53. The summed E-state index contributed by atoms with van der Waals surface area (Å²) in [6.07, 6.45) is 0. The Labute approximate surface area is 122 Å². The van der Waals surface area contributed by atoms with Gasteiger partial charge in [0.15, 0.2) is 0 Å². The number of hydrogen-bond donors (Lipinski definition) is 1. The van der Waals surface area contributed by atoms with Crippen LogP contribution in [-0.2, 0) is 9.53 Å². The van der Waals surface area contributed by atoms with Crippen LogP contribution in [0.25, 0.3) is 0 Å². The highest BCUT2D eigenvalue weighted by Gasteiger charge is 2.19. The molecule has 0 atom stereocenters. The second-order valence-corrected chi connectivity index (χ2v) is 4.12. The van der Waals surface area contributed by atoms with Gasteiger partial charge in [0.1, 0.15) is 19.0 Å². The molecule has 0 spiro atoms. The van der Waals surface area contributed by atoms with Gasteiger partial charge in [0.05, 0.1) is 12.2 Å². The number of likely N-dealkylation sites (N-methyl/N-ethyl adjacent to an activating group) is 1. The Bertz CT molecular complexity index is 589. The van der Waals surface area contributed by atoms with Crippen LogP contribution in [0.2, 0.25) is 0 Å². The number of ether oxygens (including phenoxy) is 1. The molecule has 0 heterocycles. The van der Waals surface area contributed by atoms with Crippen molar-refractivity contribution in [2.24, 2.45) is 0 Å². The average Bonchev–Trinajstić information content (AvgIpc) is 2.45. The number of carbonyl (C=O) groups excluding carboxylic acids is 2. The fourth-order valence-electron chi connectivity index (χ4n) is 1.59. The molecule has 0 aliphatic heterocycles. The van der Waals surface area contributed by atoms with Crippen molar-refractivity contribution in [1.29, 1.82) is 0 Å². The van der Waals surface area contributed by atoms with E-state index in [0.717, 1.165) is 11.0 Å². The van der Waals surface area contributed by atoms with Crippen LogP contribution < -0.4 is 0 Å². The van der Waals surface area contributed by atoms with Crippen molar-refractivity contribution in [3.05, 3.63) is 35.1 Å². The monoisotopic (exact) mass is 293 g/mol. The van der Waals surface area contributed by atoms with Crippen molar-refractivity contribution >= 4 is 11.9 Å². The number of benzene rings is 1. The first-order chi connectivity index (χ1) is 9.99. The number of hydrogen-bond acceptors (Lipinski definition) is 4. The summed E-state index contributed by atoms with van der Waals surface area (Å²) in [6.45, 7) is 1.27. The summed E-state index contributed by atoms with van der Waals surface area (Å²) in [6, 6.07) is 3.80. The van der Waals surface area contributed by atoms with Crippen molar-refractivity contribution in [3.63, 3.8) is 0 Å². The molecule has 0 aliphatic rings. The summed E-state index contributed by atoms with van der Waals surface area (Å²) in [5.74, 6) is 3.09. The number of nitrogens with zero attached hydrogens (tertiary/aromatic N) is 1. The first kappa shape index (κ1) is 16.7. The van der Waals surface area contributed by atoms with Crippen LogP contribution in [0, 0.1) is 17.7 Å². The van der Waals surface area contributed by atoms with Crippen LogP contribution >= 0.6 is 0 Å². The lowest BCUT2D eigenvalue weighted by Crippen LogP contribution is -2.33. The SMILES string of the molecule is CCOC(=O)CN(C)C(=O)c1cc(C#CCO)ccc1F. The molecule has 1 aromatic carbocycles. The molecule has 0 radical (unpaired) electrons. The van der Waals surface area contributed by atoms with Gasteiger partial charge in [-0.15, -0.1) is 0 Å². The van der Waals surface area contributed by atoms with E-state index in [1.165, 1.54) is 19.2 Å². The molecule has 0 aromatic heterocycles. The number of carbonyl (C=O) groups is 2. The highest BCUT2D eigenvalue weighted by molar-refractivity contribution is 5.96. The number of aliphatic hydroxyl groups is 1. The van der Waals surface area contributed by atoms with E-state index in [9.17, 15) is 14.0 Å². The van der Waals surface area contributed by atoms with Crippen LogP contribution in [0.4, 0.5) is 4.39 Å². The topological polar surface area (TPSA) is 66.8 Å². The van der Waals surface area contributed by atoms with Gasteiger partial charge < -0.3 is 14.7 Å². The zero-order chi connectivity index (χ0) is 15.8. The second kappa shape index (κ2) is 8.02. The molecule has 0 saturated heterocycles. The summed E-state index contributed by atoms with van der Waals surface area (Å²) >= 11 is 0. The number of halogens is 1. The van der Waals surface area contributed by atoms with Gasteiger partial charge in [-0.1, -0.05) is 11.8 Å². The molecule has 21 heavy (non-hydrogen) atoms. The summed E-state index contributed by atoms with van der Waals surface area (Å²) in [4.78, 5) is 24.5. The lowest BCUT2D eigenvalue weighted by Gasteiger charge is -2.16. The fraction of sp³-hybridized carbons (Fsp3) is 0.333. The first-order valence-electron chi connectivity index (χ1n) is 6.30. The number of rotatable bonds is 4. The summed E-state index contributed by atoms with van der Waals surface area (Å²) < 4.78 is 18.5. The Morgan fingerprint density at radius 2 is 2.14 bits per heavy atom. The predicted octanol–water partition coefficient (Wildman–Crippen LogP) is 0.805. The molecule has 0 bridgehead atoms. The van der Waals surface area contributed by atoms with Gasteiger partial charge in [-0.3, -0.25) is 9.59 Å². The van der Waals surface area contributed by atoms with E-state index >= 15 is 0 Å². The molecule has 0 unspecified atom stereocenters. The summed E-state index contributed by atoms with van der Waals surface area (Å²) in [5.41, 5.74) is 0.213. The minimum Gasteiger partial charge on any atom is -0.465 e. The van der Waals surface area contributed by atoms with Crippen LogP contribution in [0.5, 0.6) is 0 Å². The van der Waals surface area contributed by atoms with Crippen LogP contribution in [-0.4, -0.2) is 48.7 Å². The van der Waals surface area contributed by atoms with Crippen LogP contribution in [0.3, 0.4) is 0 Å². The van der Waals surface area contributed by atoms with Crippen LogP contribution in [0.1, 0.15) is 22.8 Å². The minimum atomic E-state index is -0.703. The van der Waals surface area contributed by atoms with E-state index in [-0.39, 0.29) is 25.3 Å². The smallest absolute Gasteiger partial charge is 0.325 e. The van der Waals surface area contributed by atoms with Crippen molar-refractivity contribution in [2.75, 3.05) is 26.8 Å². The Morgan fingerprint density at radius 1 is 1.43 bits per heavy atom. The molecule has 5 nitrogen and oxygen atoms in total. The van der Waals surface area contributed by atoms with Gasteiger partial charge in [0.2, 0.25) is 0 Å². The summed E-state index contributed by atoms with van der Waals surface area (Å²) in [7, 11) is 1.38. The highest BCUT2D eigenvalue weighted by atomic mass is 19.1. The third-order valence-corrected chi connectivity index (χ3v) is 2.53. The minimum absolute atomic E-state index is 0.188. The zero-order valence-electron chi connectivity index (χ0n) is 11.9. The normalized spacial score (nSPS) is 9.52. The zero-order valence-corrected chi connectivity index (χ0v) is 11.9. The predicted molar refractivity (Wildman–Crippen MR) is 74.0 cm³/mol. The van der Waals surface area contributed by atoms with Gasteiger partial charge in [-0.25, -0.2) is 4.39 Å². The molecule has 0 saturated carbocycles. The molecule has 1 amide bonds. The number of amides is 1. The Balaban J connectivity index is 2.92. The van der Waals surface area contributed by atoms with Crippen molar-refractivity contribution in [1.82, 2.24) is 4.90 Å². The van der Waals surface area contributed by atoms with E-state index in [4.69, 9.17) is 9.84 Å². The van der Waals surface area contributed by atoms with Crippen LogP contribution in [0.15, 0.2) is 18.2 Å². The highest BCUT2D eigenvalue weighted by Crippen LogP contribution is 2.12. The fourth-order valence-corrected chi connectivity index (χ4v) is 1.59. The second-order valence-electron chi connectivity index (χ2n) is 4.12. The maximum Gasteiger partial charge on any atom is 0.325 e. The van der Waals surface area contributed by atoms with Gasteiger partial charge in [0, 0.05) is 12.6 Å². The first-order valence-corrected chi connectivity index (χ1v) is 6.30. The van der Waals surface area contributed by atoms with E-state index in [0.29, 0.717) is 5.56 Å². The van der Waals surface area contributed by atoms with Gasteiger partial charge in [-0.05, 0) is 25.1 Å². The Kier molecular flexibility index (Phi) is 6.37. The lowest BCUT2D eigenvalue weighted by atomic mass is 10.1. The van der Waals surface area contributed by atoms with E-state index in [1.807, 2.05) is 0 Å². The Morgan fingerprint density at radius 3 is 2.76 bits per heavy atom. The van der Waals surface area contributed by atoms with Crippen molar-refractivity contribution in [2.45, 2.75) is 6.92 Å². The van der Waals surface area contributed by atoms with E-state index in [2.05, 4.69) is 11.8 Å². The molecular formula is C15H16FNO4. The quantitative estimate of drug-likeness (QED) is 0.659. The average molecular weight is 293 g/mol. The molecule has 1 rings (SSSR count). The number of aliphatic hydroxyl groups excluding tert-OH is 1. The van der Waals surface area contributed by atoms with Gasteiger partial charge >= 0.3 is 5.97 Å². The number of esters is 1. The molecule has 1 N–H and O–H groups in total. The van der Waals surface area contributed by atoms with Crippen molar-refractivity contribution in [3.8, 4) is 11.8 Å².